The second-order valence-electron chi connectivity index (χ2n) is 2.32. The molecule has 0 unspecified atom stereocenters. The molecule has 0 N–H and O–H groups in total. The van der Waals surface area contributed by atoms with Crippen LogP contribution in [0.4, 0.5) is 0 Å². The van der Waals surface area contributed by atoms with Crippen molar-refractivity contribution in [1.29, 1.82) is 0 Å². The summed E-state index contributed by atoms with van der Waals surface area (Å²) in [6.45, 7) is 0. The molecule has 47 valence electrons. The molecular formula is C6H10CuLi2. The molecule has 2 aliphatic rings. The summed E-state index contributed by atoms with van der Waals surface area (Å²) >= 11 is 2.31. The predicted octanol–water partition coefficient (Wildman–Crippen LogP) is -3.76. The second kappa shape index (κ2) is 4.56. The summed E-state index contributed by atoms with van der Waals surface area (Å²) in [4.78, 5) is 2.19. The van der Waals surface area contributed by atoms with Gasteiger partial charge in [-0.05, 0) is 0 Å². The molecule has 2 saturated carbocycles. The van der Waals surface area contributed by atoms with Gasteiger partial charge in [0, 0.05) is 0 Å². The standard InChI is InChI=1S/2C3H5.Cu.2Li/c2*1-2-3-1;;;/h2*1H,2-3H2;;;/q;;-2;2*+1. The molecule has 0 aliphatic heterocycles. The Hall–Kier alpha value is 1.71. The minimum atomic E-state index is 0. The molecule has 2 rings (SSSR count). The molecule has 0 nitrogen and oxygen atoms in total. The number of hydrogen-bond donors (Lipinski definition) is 0. The largest absolute Gasteiger partial charge is 1.00 e. The van der Waals surface area contributed by atoms with Gasteiger partial charge in [-0.3, -0.25) is 0 Å². The van der Waals surface area contributed by atoms with Gasteiger partial charge in [0.1, 0.15) is 0 Å². The third kappa shape index (κ3) is 4.21. The first-order valence-electron chi connectivity index (χ1n) is 2.98. The van der Waals surface area contributed by atoms with Gasteiger partial charge in [-0.1, -0.05) is 0 Å². The Balaban J connectivity index is 0.000000320. The first-order valence-corrected chi connectivity index (χ1v) is 4.07. The molecule has 2 aliphatic carbocycles. The van der Waals surface area contributed by atoms with Gasteiger partial charge in [-0.25, -0.2) is 0 Å². The molecule has 0 aromatic carbocycles. The van der Waals surface area contributed by atoms with E-state index in [4.69, 9.17) is 0 Å². The summed E-state index contributed by atoms with van der Waals surface area (Å²) in [6, 6.07) is 0. The van der Waals surface area contributed by atoms with Crippen molar-refractivity contribution in [2.45, 2.75) is 35.3 Å². The van der Waals surface area contributed by atoms with Crippen LogP contribution in [0.15, 0.2) is 0 Å². The van der Waals surface area contributed by atoms with E-state index in [0.29, 0.717) is 0 Å². The SMILES string of the molecule is C1C[CH]1[Cu-2][CH]1CC1.[Li+].[Li+]. The molecule has 0 radical (unpaired) electrons. The summed E-state index contributed by atoms with van der Waals surface area (Å²) in [5.41, 5.74) is 0. The van der Waals surface area contributed by atoms with E-state index in [1.54, 1.807) is 0 Å². The van der Waals surface area contributed by atoms with Gasteiger partial charge in [-0.15, -0.1) is 0 Å². The average molecular weight is 160 g/mol. The van der Waals surface area contributed by atoms with E-state index in [9.17, 15) is 0 Å². The molecule has 0 aromatic heterocycles. The maximum absolute atomic E-state index is 2.31. The van der Waals surface area contributed by atoms with Gasteiger partial charge in [0.25, 0.3) is 0 Å². The van der Waals surface area contributed by atoms with E-state index < -0.39 is 0 Å². The quantitative estimate of drug-likeness (QED) is 0.363. The summed E-state index contributed by atoms with van der Waals surface area (Å²) < 4.78 is 0. The Morgan fingerprint density at radius 1 is 0.778 bits per heavy atom. The molecule has 0 amide bonds. The Bertz CT molecular complexity index is 69.1. The van der Waals surface area contributed by atoms with Crippen molar-refractivity contribution in [3.8, 4) is 0 Å². The van der Waals surface area contributed by atoms with Crippen LogP contribution in [0.2, 0.25) is 9.63 Å². The van der Waals surface area contributed by atoms with Crippen molar-refractivity contribution < 1.29 is 52.7 Å². The molecule has 0 atom stereocenters. The Morgan fingerprint density at radius 2 is 1.11 bits per heavy atom. The van der Waals surface area contributed by atoms with Gasteiger partial charge in [0.15, 0.2) is 0 Å². The minimum Gasteiger partial charge on any atom is 1.00 e. The van der Waals surface area contributed by atoms with E-state index in [1.165, 1.54) is 25.7 Å². The summed E-state index contributed by atoms with van der Waals surface area (Å²) in [5, 5.41) is 0. The van der Waals surface area contributed by atoms with Crippen LogP contribution in [0.25, 0.3) is 0 Å². The van der Waals surface area contributed by atoms with Crippen molar-refractivity contribution in [2.24, 2.45) is 0 Å². The van der Waals surface area contributed by atoms with Crippen LogP contribution in [0.1, 0.15) is 25.7 Å². The van der Waals surface area contributed by atoms with Gasteiger partial charge >= 0.3 is 88.0 Å². The van der Waals surface area contributed by atoms with Crippen LogP contribution in [0.3, 0.4) is 0 Å². The smallest absolute Gasteiger partial charge is 1.00 e. The monoisotopic (exact) mass is 159 g/mol. The van der Waals surface area contributed by atoms with Crippen LogP contribution in [-0.4, -0.2) is 0 Å². The molecule has 2 fully saturated rings. The number of rotatable bonds is 2. The van der Waals surface area contributed by atoms with Crippen molar-refractivity contribution in [3.05, 3.63) is 0 Å². The summed E-state index contributed by atoms with van der Waals surface area (Å²) in [5.74, 6) is 0. The van der Waals surface area contributed by atoms with Crippen molar-refractivity contribution in [3.63, 3.8) is 0 Å². The van der Waals surface area contributed by atoms with Gasteiger partial charge in [-0.2, -0.15) is 0 Å². The maximum Gasteiger partial charge on any atom is 1.00 e. The topological polar surface area (TPSA) is 0 Å². The maximum atomic E-state index is 2.31. The Labute approximate surface area is 87.4 Å². The normalized spacial score (nSPS) is 24.4. The van der Waals surface area contributed by atoms with Crippen LogP contribution in [-0.2, 0) is 15.0 Å². The molecular weight excluding hydrogens is 149 g/mol. The molecule has 0 heterocycles. The predicted molar refractivity (Wildman–Crippen MR) is 26.0 cm³/mol. The van der Waals surface area contributed by atoms with Crippen molar-refractivity contribution in [2.75, 3.05) is 0 Å². The molecule has 0 saturated heterocycles. The Kier molecular flexibility index (Phi) is 5.43. The fraction of sp³-hybridized carbons (Fsp3) is 1.00. The van der Waals surface area contributed by atoms with Gasteiger partial charge < -0.3 is 0 Å². The molecule has 0 spiro atoms. The summed E-state index contributed by atoms with van der Waals surface area (Å²) in [6.07, 6.45) is 6.04. The first-order chi connectivity index (χ1) is 3.45. The average Bonchev–Trinajstić information content (AvgIpc) is 2.33. The molecule has 3 heteroatoms. The fourth-order valence-electron chi connectivity index (χ4n) is 0.503. The van der Waals surface area contributed by atoms with Crippen molar-refractivity contribution >= 4 is 0 Å². The van der Waals surface area contributed by atoms with E-state index in [0.717, 1.165) is 9.63 Å². The fourth-order valence-corrected chi connectivity index (χ4v) is 2.07. The van der Waals surface area contributed by atoms with E-state index in [-0.39, 0.29) is 37.7 Å². The van der Waals surface area contributed by atoms with Gasteiger partial charge in [0.05, 0.1) is 0 Å². The first kappa shape index (κ1) is 10.7. The summed E-state index contributed by atoms with van der Waals surface area (Å²) in [7, 11) is 0. The van der Waals surface area contributed by atoms with Crippen LogP contribution in [0.5, 0.6) is 0 Å². The minimum absolute atomic E-state index is 0. The third-order valence-corrected chi connectivity index (χ3v) is 3.18. The van der Waals surface area contributed by atoms with E-state index in [1.807, 2.05) is 0 Å². The van der Waals surface area contributed by atoms with Crippen LogP contribution < -0.4 is 37.7 Å². The van der Waals surface area contributed by atoms with Crippen molar-refractivity contribution in [1.82, 2.24) is 0 Å². The number of hydrogen-bond acceptors (Lipinski definition) is 0. The van der Waals surface area contributed by atoms with E-state index >= 15 is 0 Å². The van der Waals surface area contributed by atoms with E-state index in [2.05, 4.69) is 15.0 Å². The van der Waals surface area contributed by atoms with Gasteiger partial charge in [0.2, 0.25) is 0 Å². The molecule has 0 aromatic rings. The zero-order valence-corrected chi connectivity index (χ0v) is 7.23. The van der Waals surface area contributed by atoms with Crippen LogP contribution in [0, 0.1) is 0 Å². The zero-order valence-electron chi connectivity index (χ0n) is 6.28. The second-order valence-corrected chi connectivity index (χ2v) is 4.18. The van der Waals surface area contributed by atoms with Crippen LogP contribution >= 0.6 is 0 Å². The zero-order chi connectivity index (χ0) is 4.69. The Morgan fingerprint density at radius 3 is 1.33 bits per heavy atom. The third-order valence-electron chi connectivity index (χ3n) is 1.21. The molecule has 0 bridgehead atoms. The molecule has 9 heavy (non-hydrogen) atoms.